The highest BCUT2D eigenvalue weighted by Gasteiger charge is 2.23. The van der Waals surface area contributed by atoms with E-state index in [9.17, 15) is 0 Å². The summed E-state index contributed by atoms with van der Waals surface area (Å²) >= 11 is 1.75. The van der Waals surface area contributed by atoms with Crippen LogP contribution >= 0.6 is 35.3 Å². The number of aliphatic imine (C=N–C) groups is 1. The van der Waals surface area contributed by atoms with Gasteiger partial charge >= 0.3 is 0 Å². The Hall–Kier alpha value is -1.35. The Morgan fingerprint density at radius 2 is 2.07 bits per heavy atom. The van der Waals surface area contributed by atoms with Crippen molar-refractivity contribution in [3.63, 3.8) is 0 Å². The van der Waals surface area contributed by atoms with Gasteiger partial charge in [0.2, 0.25) is 0 Å². The van der Waals surface area contributed by atoms with Crippen LogP contribution < -0.4 is 15.5 Å². The molecule has 1 saturated heterocycles. The molecule has 1 atom stereocenters. The maximum absolute atomic E-state index is 4.76. The number of benzene rings is 1. The first kappa shape index (κ1) is 22.9. The number of nitrogens with zero attached hydrogens (tertiary/aromatic N) is 3. The van der Waals surface area contributed by atoms with Crippen LogP contribution in [0.3, 0.4) is 0 Å². The van der Waals surface area contributed by atoms with Crippen LogP contribution in [-0.4, -0.2) is 43.2 Å². The molecule has 0 radical (unpaired) electrons. The Kier molecular flexibility index (Phi) is 9.50. The van der Waals surface area contributed by atoms with Crippen LogP contribution in [0.25, 0.3) is 0 Å². The van der Waals surface area contributed by atoms with Gasteiger partial charge in [0.25, 0.3) is 0 Å². The molecule has 1 unspecified atom stereocenters. The molecule has 1 aromatic heterocycles. The van der Waals surface area contributed by atoms with Gasteiger partial charge in [-0.2, -0.15) is 0 Å². The van der Waals surface area contributed by atoms with Gasteiger partial charge in [-0.25, -0.2) is 4.98 Å². The lowest BCUT2D eigenvalue weighted by molar-refractivity contribution is 0.647. The summed E-state index contributed by atoms with van der Waals surface area (Å²) in [7, 11) is 0. The smallest absolute Gasteiger partial charge is 0.191 e. The highest BCUT2D eigenvalue weighted by molar-refractivity contribution is 14.0. The van der Waals surface area contributed by atoms with Crippen molar-refractivity contribution in [1.82, 2.24) is 15.6 Å². The molecule has 7 heteroatoms. The molecule has 0 aliphatic carbocycles. The average molecular weight is 513 g/mol. The average Bonchev–Trinajstić information content (AvgIpc) is 3.28. The monoisotopic (exact) mass is 513 g/mol. The minimum atomic E-state index is 0. The highest BCUT2D eigenvalue weighted by atomic mass is 127. The summed E-state index contributed by atoms with van der Waals surface area (Å²) in [6.45, 7) is 10.1. The number of guanidine groups is 1. The third-order valence-electron chi connectivity index (χ3n) is 4.76. The van der Waals surface area contributed by atoms with Gasteiger partial charge in [0.15, 0.2) is 5.96 Å². The van der Waals surface area contributed by atoms with E-state index in [0.717, 1.165) is 57.1 Å². The fraction of sp³-hybridized carbons (Fsp3) is 0.524. The SMILES string of the molecule is CCNC(=NCCCc1nc(C)cs1)NC1CCN(c2ccc(C)cc2)C1.I. The molecule has 1 aliphatic heterocycles. The molecule has 2 N–H and O–H groups in total. The van der Waals surface area contributed by atoms with E-state index in [0.29, 0.717) is 6.04 Å². The Balaban J connectivity index is 0.00000280. The Morgan fingerprint density at radius 1 is 1.29 bits per heavy atom. The maximum Gasteiger partial charge on any atom is 0.191 e. The van der Waals surface area contributed by atoms with Crippen LogP contribution in [0.4, 0.5) is 5.69 Å². The van der Waals surface area contributed by atoms with E-state index in [1.54, 1.807) is 11.3 Å². The number of rotatable bonds is 7. The number of thiazole rings is 1. The van der Waals surface area contributed by atoms with Crippen LogP contribution in [0.2, 0.25) is 0 Å². The van der Waals surface area contributed by atoms with E-state index in [4.69, 9.17) is 4.99 Å². The van der Waals surface area contributed by atoms with E-state index in [2.05, 4.69) is 64.0 Å². The molecule has 5 nitrogen and oxygen atoms in total. The molecule has 2 heterocycles. The van der Waals surface area contributed by atoms with Gasteiger partial charge in [0, 0.05) is 55.4 Å². The van der Waals surface area contributed by atoms with Crippen molar-refractivity contribution < 1.29 is 0 Å². The first-order valence-corrected chi connectivity index (χ1v) is 10.8. The fourth-order valence-electron chi connectivity index (χ4n) is 3.32. The highest BCUT2D eigenvalue weighted by Crippen LogP contribution is 2.20. The van der Waals surface area contributed by atoms with Crippen molar-refractivity contribution in [3.8, 4) is 0 Å². The van der Waals surface area contributed by atoms with Gasteiger partial charge in [-0.3, -0.25) is 4.99 Å². The standard InChI is InChI=1S/C21H31N5S.HI/c1-4-22-21(23-12-5-6-20-24-17(3)15-27-20)25-18-11-13-26(14-18)19-9-7-16(2)8-10-19;/h7-10,15,18H,4-6,11-14H2,1-3H3,(H2,22,23,25);1H. The summed E-state index contributed by atoms with van der Waals surface area (Å²) in [5, 5.41) is 10.3. The summed E-state index contributed by atoms with van der Waals surface area (Å²) in [6, 6.07) is 9.25. The summed E-state index contributed by atoms with van der Waals surface area (Å²) in [6.07, 6.45) is 3.17. The third kappa shape index (κ3) is 6.92. The predicted molar refractivity (Wildman–Crippen MR) is 131 cm³/mol. The number of anilines is 1. The molecule has 28 heavy (non-hydrogen) atoms. The van der Waals surface area contributed by atoms with Crippen molar-refractivity contribution in [3.05, 3.63) is 45.9 Å². The molecule has 1 aliphatic rings. The second-order valence-electron chi connectivity index (χ2n) is 7.16. The van der Waals surface area contributed by atoms with Crippen molar-refractivity contribution >= 4 is 47.0 Å². The van der Waals surface area contributed by atoms with Crippen molar-refractivity contribution in [2.75, 3.05) is 31.1 Å². The summed E-state index contributed by atoms with van der Waals surface area (Å²) in [4.78, 5) is 11.7. The maximum atomic E-state index is 4.76. The number of halogens is 1. The minimum Gasteiger partial charge on any atom is -0.369 e. The summed E-state index contributed by atoms with van der Waals surface area (Å²) < 4.78 is 0. The van der Waals surface area contributed by atoms with Crippen molar-refractivity contribution in [2.24, 2.45) is 4.99 Å². The first-order valence-electron chi connectivity index (χ1n) is 9.91. The summed E-state index contributed by atoms with van der Waals surface area (Å²) in [5.41, 5.74) is 3.74. The van der Waals surface area contributed by atoms with Crippen LogP contribution in [0.5, 0.6) is 0 Å². The lowest BCUT2D eigenvalue weighted by Crippen LogP contribution is -2.44. The van der Waals surface area contributed by atoms with Gasteiger partial charge in [-0.15, -0.1) is 35.3 Å². The molecule has 0 bridgehead atoms. The largest absolute Gasteiger partial charge is 0.369 e. The van der Waals surface area contributed by atoms with E-state index in [1.165, 1.54) is 16.3 Å². The molecular formula is C21H32IN5S. The zero-order valence-corrected chi connectivity index (χ0v) is 20.2. The van der Waals surface area contributed by atoms with Gasteiger partial charge in [-0.1, -0.05) is 17.7 Å². The first-order chi connectivity index (χ1) is 13.1. The second-order valence-corrected chi connectivity index (χ2v) is 8.10. The number of nitrogens with one attached hydrogen (secondary N) is 2. The van der Waals surface area contributed by atoms with Gasteiger partial charge in [0.05, 0.1) is 5.01 Å². The number of aromatic nitrogens is 1. The normalized spacial score (nSPS) is 16.8. The fourth-order valence-corrected chi connectivity index (χ4v) is 4.14. The van der Waals surface area contributed by atoms with Crippen molar-refractivity contribution in [2.45, 2.75) is 46.1 Å². The molecule has 0 spiro atoms. The number of hydrogen-bond acceptors (Lipinski definition) is 4. The molecule has 154 valence electrons. The Labute approximate surface area is 190 Å². The van der Waals surface area contributed by atoms with Gasteiger partial charge in [-0.05, 0) is 45.7 Å². The molecule has 1 aromatic carbocycles. The van der Waals surface area contributed by atoms with Crippen molar-refractivity contribution in [1.29, 1.82) is 0 Å². The topological polar surface area (TPSA) is 52.6 Å². The second kappa shape index (κ2) is 11.6. The zero-order valence-electron chi connectivity index (χ0n) is 17.1. The predicted octanol–water partition coefficient (Wildman–Crippen LogP) is 4.14. The van der Waals surface area contributed by atoms with E-state index >= 15 is 0 Å². The Morgan fingerprint density at radius 3 is 2.75 bits per heavy atom. The van der Waals surface area contributed by atoms with E-state index < -0.39 is 0 Å². The number of hydrogen-bond donors (Lipinski definition) is 2. The molecular weight excluding hydrogens is 481 g/mol. The minimum absolute atomic E-state index is 0. The van der Waals surface area contributed by atoms with E-state index in [1.807, 2.05) is 6.92 Å². The molecule has 3 rings (SSSR count). The third-order valence-corrected chi connectivity index (χ3v) is 5.78. The molecule has 2 aromatic rings. The van der Waals surface area contributed by atoms with Crippen LogP contribution in [0.15, 0.2) is 34.6 Å². The zero-order chi connectivity index (χ0) is 19.1. The molecule has 1 fully saturated rings. The van der Waals surface area contributed by atoms with Gasteiger partial charge in [0.1, 0.15) is 0 Å². The van der Waals surface area contributed by atoms with Gasteiger partial charge < -0.3 is 15.5 Å². The Bertz CT molecular complexity index is 744. The lowest BCUT2D eigenvalue weighted by Gasteiger charge is -2.20. The molecule has 0 saturated carbocycles. The quantitative estimate of drug-likeness (QED) is 0.253. The lowest BCUT2D eigenvalue weighted by atomic mass is 10.2. The van der Waals surface area contributed by atoms with Crippen LogP contribution in [0.1, 0.15) is 36.0 Å². The number of aryl methyl sites for hydroxylation is 3. The molecule has 0 amide bonds. The van der Waals surface area contributed by atoms with Crippen LogP contribution in [0, 0.1) is 13.8 Å². The van der Waals surface area contributed by atoms with E-state index in [-0.39, 0.29) is 24.0 Å². The summed E-state index contributed by atoms with van der Waals surface area (Å²) in [5.74, 6) is 0.934. The van der Waals surface area contributed by atoms with Crippen LogP contribution in [-0.2, 0) is 6.42 Å².